The first-order valence-corrected chi connectivity index (χ1v) is 5.68. The average molecular weight is 218 g/mol. The maximum atomic E-state index is 12.0. The molecule has 1 unspecified atom stereocenters. The molecule has 0 bridgehead atoms. The van der Waals surface area contributed by atoms with Gasteiger partial charge < -0.3 is 9.66 Å². The summed E-state index contributed by atoms with van der Waals surface area (Å²) in [5, 5.41) is 9.11. The van der Waals surface area contributed by atoms with E-state index < -0.39 is 11.2 Å². The highest BCUT2D eigenvalue weighted by Crippen LogP contribution is 2.21. The van der Waals surface area contributed by atoms with E-state index in [4.69, 9.17) is 5.11 Å². The zero-order chi connectivity index (χ0) is 10.7. The van der Waals surface area contributed by atoms with Crippen LogP contribution in [0.4, 0.5) is 0 Å². The van der Waals surface area contributed by atoms with E-state index in [1.165, 1.54) is 12.1 Å². The predicted molar refractivity (Wildman–Crippen MR) is 59.2 cm³/mol. The van der Waals surface area contributed by atoms with Gasteiger partial charge >= 0.3 is 0 Å². The normalized spacial score (nSPS) is 12.3. The maximum absolute atomic E-state index is 12.0. The number of hydrogen-bond donors (Lipinski definition) is 1. The molecule has 0 saturated heterocycles. The highest BCUT2D eigenvalue weighted by molar-refractivity contribution is 7.91. The lowest BCUT2D eigenvalue weighted by atomic mass is 10.3. The van der Waals surface area contributed by atoms with E-state index in [1.54, 1.807) is 12.1 Å². The van der Waals surface area contributed by atoms with Crippen molar-refractivity contribution in [2.45, 2.75) is 9.79 Å². The summed E-state index contributed by atoms with van der Waals surface area (Å²) in [6.45, 7) is 0. The van der Waals surface area contributed by atoms with Crippen LogP contribution in [0.1, 0.15) is 0 Å². The average Bonchev–Trinajstić information content (AvgIpc) is 2.30. The lowest BCUT2D eigenvalue weighted by Crippen LogP contribution is -2.01. The number of phenols is 1. The quantitative estimate of drug-likeness (QED) is 0.787. The molecule has 76 valence electrons. The summed E-state index contributed by atoms with van der Waals surface area (Å²) in [4.78, 5) is 1.46. The molecule has 0 aliphatic rings. The molecule has 0 aromatic heterocycles. The van der Waals surface area contributed by atoms with Crippen molar-refractivity contribution < 1.29 is 9.66 Å². The smallest absolute Gasteiger partial charge is 0.158 e. The number of benzene rings is 2. The van der Waals surface area contributed by atoms with Gasteiger partial charge in [0.25, 0.3) is 0 Å². The van der Waals surface area contributed by atoms with Crippen LogP contribution in [0.3, 0.4) is 0 Å². The Bertz CT molecular complexity index is 425. The largest absolute Gasteiger partial charge is 0.606 e. The van der Waals surface area contributed by atoms with Crippen LogP contribution in [-0.4, -0.2) is 9.66 Å². The summed E-state index contributed by atoms with van der Waals surface area (Å²) >= 11 is -1.17. The topological polar surface area (TPSA) is 43.3 Å². The first kappa shape index (κ1) is 10.1. The SMILES string of the molecule is [O-][S+](c1ccccc1)c1ccc(O)cc1. The van der Waals surface area contributed by atoms with E-state index in [2.05, 4.69) is 0 Å². The second-order valence-electron chi connectivity index (χ2n) is 3.08. The van der Waals surface area contributed by atoms with E-state index in [9.17, 15) is 4.55 Å². The van der Waals surface area contributed by atoms with Gasteiger partial charge in [-0.1, -0.05) is 18.2 Å². The molecule has 3 heteroatoms. The zero-order valence-corrected chi connectivity index (χ0v) is 8.78. The Morgan fingerprint density at radius 3 is 1.93 bits per heavy atom. The van der Waals surface area contributed by atoms with Crippen LogP contribution < -0.4 is 0 Å². The lowest BCUT2D eigenvalue weighted by Gasteiger charge is -2.09. The predicted octanol–water partition coefficient (Wildman–Crippen LogP) is 2.56. The van der Waals surface area contributed by atoms with Crippen LogP contribution in [-0.2, 0) is 11.2 Å². The molecule has 0 radical (unpaired) electrons. The van der Waals surface area contributed by atoms with Gasteiger partial charge in [0.05, 0.1) is 0 Å². The Balaban J connectivity index is 2.29. The number of rotatable bonds is 2. The van der Waals surface area contributed by atoms with Crippen LogP contribution in [0, 0.1) is 0 Å². The van der Waals surface area contributed by atoms with Crippen molar-refractivity contribution in [3.05, 3.63) is 54.6 Å². The minimum absolute atomic E-state index is 0.184. The minimum atomic E-state index is -1.17. The van der Waals surface area contributed by atoms with Crippen LogP contribution in [0.25, 0.3) is 0 Å². The third-order valence-electron chi connectivity index (χ3n) is 2.01. The molecule has 2 nitrogen and oxygen atoms in total. The van der Waals surface area contributed by atoms with Crippen molar-refractivity contribution in [1.82, 2.24) is 0 Å². The van der Waals surface area contributed by atoms with Crippen molar-refractivity contribution in [2.75, 3.05) is 0 Å². The fourth-order valence-corrected chi connectivity index (χ4v) is 2.31. The molecule has 2 rings (SSSR count). The van der Waals surface area contributed by atoms with Gasteiger partial charge in [0.2, 0.25) is 0 Å². The molecule has 2 aromatic carbocycles. The molecule has 1 atom stereocenters. The van der Waals surface area contributed by atoms with Gasteiger partial charge in [0.1, 0.15) is 5.75 Å². The van der Waals surface area contributed by atoms with Crippen LogP contribution in [0.5, 0.6) is 5.75 Å². The minimum Gasteiger partial charge on any atom is -0.606 e. The molecule has 0 saturated carbocycles. The standard InChI is InChI=1S/C12H10O2S/c13-10-6-8-12(9-7-10)15(14)11-4-2-1-3-5-11/h1-9,13H. The molecule has 0 aliphatic carbocycles. The van der Waals surface area contributed by atoms with Gasteiger partial charge in [0, 0.05) is 11.2 Å². The van der Waals surface area contributed by atoms with E-state index in [0.717, 1.165) is 4.90 Å². The molecule has 0 spiro atoms. The second kappa shape index (κ2) is 4.38. The lowest BCUT2D eigenvalue weighted by molar-refractivity contribution is 0.474. The molecule has 1 N–H and O–H groups in total. The number of phenolic OH excluding ortho intramolecular Hbond substituents is 1. The molecule has 0 aliphatic heterocycles. The zero-order valence-electron chi connectivity index (χ0n) is 7.96. The fourth-order valence-electron chi connectivity index (χ4n) is 1.25. The Kier molecular flexibility index (Phi) is 2.94. The van der Waals surface area contributed by atoms with E-state index >= 15 is 0 Å². The Labute approximate surface area is 91.4 Å². The Morgan fingerprint density at radius 1 is 0.800 bits per heavy atom. The Hall–Kier alpha value is -1.45. The van der Waals surface area contributed by atoms with Gasteiger partial charge in [-0.3, -0.25) is 0 Å². The summed E-state index contributed by atoms with van der Waals surface area (Å²) in [5.74, 6) is 0.184. The number of hydrogen-bond acceptors (Lipinski definition) is 2. The first-order chi connectivity index (χ1) is 7.27. The van der Waals surface area contributed by atoms with Gasteiger partial charge in [-0.25, -0.2) is 0 Å². The van der Waals surface area contributed by atoms with Gasteiger partial charge in [-0.15, -0.1) is 0 Å². The molecular weight excluding hydrogens is 208 g/mol. The van der Waals surface area contributed by atoms with Gasteiger partial charge in [-0.2, -0.15) is 0 Å². The summed E-state index contributed by atoms with van der Waals surface area (Å²) in [6, 6.07) is 15.6. The van der Waals surface area contributed by atoms with Crippen molar-refractivity contribution in [1.29, 1.82) is 0 Å². The highest BCUT2D eigenvalue weighted by atomic mass is 32.2. The van der Waals surface area contributed by atoms with E-state index in [1.807, 2.05) is 30.3 Å². The fraction of sp³-hybridized carbons (Fsp3) is 0. The molecule has 15 heavy (non-hydrogen) atoms. The van der Waals surface area contributed by atoms with Crippen molar-refractivity contribution >= 4 is 11.2 Å². The number of aromatic hydroxyl groups is 1. The molecule has 2 aromatic rings. The first-order valence-electron chi connectivity index (χ1n) is 4.53. The summed E-state index contributed by atoms with van der Waals surface area (Å²) in [5.41, 5.74) is 0. The van der Waals surface area contributed by atoms with Crippen LogP contribution in [0.15, 0.2) is 64.4 Å². The summed E-state index contributed by atoms with van der Waals surface area (Å²) < 4.78 is 12.0. The second-order valence-corrected chi connectivity index (χ2v) is 4.56. The summed E-state index contributed by atoms with van der Waals surface area (Å²) in [7, 11) is 0. The van der Waals surface area contributed by atoms with Gasteiger partial charge in [-0.05, 0) is 36.4 Å². The van der Waals surface area contributed by atoms with Crippen LogP contribution in [0.2, 0.25) is 0 Å². The van der Waals surface area contributed by atoms with E-state index in [-0.39, 0.29) is 5.75 Å². The van der Waals surface area contributed by atoms with Crippen molar-refractivity contribution in [2.24, 2.45) is 0 Å². The molecular formula is C12H10O2S. The third-order valence-corrected chi connectivity index (χ3v) is 3.41. The third kappa shape index (κ3) is 2.32. The molecule has 0 fully saturated rings. The van der Waals surface area contributed by atoms with E-state index in [0.29, 0.717) is 4.90 Å². The van der Waals surface area contributed by atoms with Crippen molar-refractivity contribution in [3.8, 4) is 5.75 Å². The van der Waals surface area contributed by atoms with Crippen molar-refractivity contribution in [3.63, 3.8) is 0 Å². The maximum Gasteiger partial charge on any atom is 0.158 e. The molecule has 0 amide bonds. The summed E-state index contributed by atoms with van der Waals surface area (Å²) in [6.07, 6.45) is 0. The molecule has 0 heterocycles. The monoisotopic (exact) mass is 218 g/mol. The van der Waals surface area contributed by atoms with Crippen LogP contribution >= 0.6 is 0 Å². The highest BCUT2D eigenvalue weighted by Gasteiger charge is 2.13. The van der Waals surface area contributed by atoms with Gasteiger partial charge in [0.15, 0.2) is 9.79 Å². The Morgan fingerprint density at radius 2 is 1.33 bits per heavy atom.